The van der Waals surface area contributed by atoms with Crippen molar-refractivity contribution in [3.8, 4) is 0 Å². The summed E-state index contributed by atoms with van der Waals surface area (Å²) in [6, 6.07) is 18.7. The molecule has 2 heterocycles. The third-order valence-electron chi connectivity index (χ3n) is 6.32. The number of likely N-dealkylation sites (tertiary alicyclic amines) is 2. The smallest absolute Gasteiger partial charge is 0.255 e. The lowest BCUT2D eigenvalue weighted by Crippen LogP contribution is -2.52. The third kappa shape index (κ3) is 4.59. The molecule has 0 N–H and O–H groups in total. The number of hydrogen-bond acceptors (Lipinski definition) is 2. The lowest BCUT2D eigenvalue weighted by Gasteiger charge is -2.42. The molecule has 0 spiro atoms. The summed E-state index contributed by atoms with van der Waals surface area (Å²) in [6.07, 6.45) is 5.96. The number of halogens is 1. The fraction of sp³-hybridized carbons (Fsp3) is 0.458. The molecule has 0 aliphatic carbocycles. The summed E-state index contributed by atoms with van der Waals surface area (Å²) < 4.78 is 0. The Morgan fingerprint density at radius 1 is 0.929 bits per heavy atom. The molecule has 2 aromatic carbocycles. The first-order chi connectivity index (χ1) is 13.7. The maximum Gasteiger partial charge on any atom is 0.255 e. The van der Waals surface area contributed by atoms with Gasteiger partial charge in [-0.1, -0.05) is 54.1 Å². The van der Waals surface area contributed by atoms with Crippen LogP contribution in [0.25, 0.3) is 0 Å². The van der Waals surface area contributed by atoms with Crippen LogP contribution in [0, 0.1) is 5.92 Å². The van der Waals surface area contributed by atoms with Crippen molar-refractivity contribution in [2.45, 2.75) is 38.1 Å². The fourth-order valence-corrected chi connectivity index (χ4v) is 4.93. The monoisotopic (exact) mass is 396 g/mol. The highest BCUT2D eigenvalue weighted by molar-refractivity contribution is 6.33. The van der Waals surface area contributed by atoms with Crippen molar-refractivity contribution in [3.63, 3.8) is 0 Å². The molecule has 4 heteroatoms. The van der Waals surface area contributed by atoms with E-state index in [9.17, 15) is 4.79 Å². The van der Waals surface area contributed by atoms with Crippen molar-refractivity contribution in [2.24, 2.45) is 5.92 Å². The van der Waals surface area contributed by atoms with Gasteiger partial charge in [-0.3, -0.25) is 9.69 Å². The van der Waals surface area contributed by atoms with Crippen molar-refractivity contribution in [1.29, 1.82) is 0 Å². The minimum absolute atomic E-state index is 0.0780. The van der Waals surface area contributed by atoms with Gasteiger partial charge in [-0.2, -0.15) is 0 Å². The molecule has 2 fully saturated rings. The van der Waals surface area contributed by atoms with Crippen LogP contribution in [0.4, 0.5) is 0 Å². The molecule has 1 amide bonds. The number of piperidine rings is 2. The van der Waals surface area contributed by atoms with Gasteiger partial charge in [0.15, 0.2) is 0 Å². The first kappa shape index (κ1) is 19.5. The molecule has 2 aliphatic rings. The minimum Gasteiger partial charge on any atom is -0.337 e. The quantitative estimate of drug-likeness (QED) is 0.733. The maximum absolute atomic E-state index is 12.9. The Hall–Kier alpha value is -1.84. The first-order valence-corrected chi connectivity index (χ1v) is 10.9. The van der Waals surface area contributed by atoms with Crippen LogP contribution in [0.5, 0.6) is 0 Å². The largest absolute Gasteiger partial charge is 0.337 e. The van der Waals surface area contributed by atoms with Crippen molar-refractivity contribution in [3.05, 3.63) is 70.7 Å². The number of carbonyl (C=O) groups excluding carboxylic acids is 1. The van der Waals surface area contributed by atoms with E-state index in [1.807, 2.05) is 23.1 Å². The van der Waals surface area contributed by atoms with Crippen molar-refractivity contribution < 1.29 is 4.79 Å². The Labute approximate surface area is 173 Å². The number of amides is 1. The van der Waals surface area contributed by atoms with Crippen LogP contribution in [-0.2, 0) is 6.42 Å². The molecular formula is C24H29ClN2O. The van der Waals surface area contributed by atoms with Gasteiger partial charge in [-0.05, 0) is 68.8 Å². The van der Waals surface area contributed by atoms with Crippen LogP contribution in [-0.4, -0.2) is 47.9 Å². The fourth-order valence-electron chi connectivity index (χ4n) is 4.71. The summed E-state index contributed by atoms with van der Waals surface area (Å²) in [5, 5.41) is 0.552. The van der Waals surface area contributed by atoms with Gasteiger partial charge in [0.05, 0.1) is 10.6 Å². The molecule has 1 unspecified atom stereocenters. The molecule has 3 nitrogen and oxygen atoms in total. The zero-order valence-electron chi connectivity index (χ0n) is 16.4. The first-order valence-electron chi connectivity index (χ1n) is 10.5. The van der Waals surface area contributed by atoms with E-state index < -0.39 is 0 Å². The Morgan fingerprint density at radius 3 is 2.39 bits per heavy atom. The average molecular weight is 397 g/mol. The van der Waals surface area contributed by atoms with E-state index in [0.717, 1.165) is 38.5 Å². The molecule has 148 valence electrons. The summed E-state index contributed by atoms with van der Waals surface area (Å²) in [5.41, 5.74) is 2.08. The van der Waals surface area contributed by atoms with E-state index in [4.69, 9.17) is 11.6 Å². The van der Waals surface area contributed by atoms with Crippen LogP contribution in [0.1, 0.15) is 41.6 Å². The summed E-state index contributed by atoms with van der Waals surface area (Å²) in [7, 11) is 0. The summed E-state index contributed by atoms with van der Waals surface area (Å²) in [5.74, 6) is 0.859. The number of nitrogens with zero attached hydrogens (tertiary/aromatic N) is 2. The Kier molecular flexibility index (Phi) is 6.33. The van der Waals surface area contributed by atoms with E-state index in [2.05, 4.69) is 35.2 Å². The number of rotatable bonds is 4. The molecule has 0 aromatic heterocycles. The Balaban J connectivity index is 1.32. The summed E-state index contributed by atoms with van der Waals surface area (Å²) in [6.45, 7) is 3.96. The van der Waals surface area contributed by atoms with Crippen molar-refractivity contribution in [2.75, 3.05) is 26.2 Å². The van der Waals surface area contributed by atoms with Gasteiger partial charge in [0.2, 0.25) is 0 Å². The Bertz CT molecular complexity index is 786. The van der Waals surface area contributed by atoms with E-state index in [0.29, 0.717) is 16.6 Å². The van der Waals surface area contributed by atoms with Crippen molar-refractivity contribution >= 4 is 17.5 Å². The number of benzene rings is 2. The molecule has 0 bridgehead atoms. The standard InChI is InChI=1S/C24H29ClN2O/c25-23-11-5-4-10-22(23)24(28)27-14-6-9-21(18-27)26-15-12-20(13-16-26)17-19-7-2-1-3-8-19/h1-5,7-8,10-11,20-21H,6,9,12-18H2. The molecule has 2 aliphatic heterocycles. The molecular weight excluding hydrogens is 368 g/mol. The van der Waals surface area contributed by atoms with E-state index >= 15 is 0 Å². The second kappa shape index (κ2) is 9.11. The molecule has 0 saturated carbocycles. The molecule has 4 rings (SSSR count). The normalized spacial score (nSPS) is 21.6. The predicted octanol–water partition coefficient (Wildman–Crippen LogP) is 4.90. The molecule has 0 radical (unpaired) electrons. The minimum atomic E-state index is 0.0780. The highest BCUT2D eigenvalue weighted by Gasteiger charge is 2.31. The highest BCUT2D eigenvalue weighted by Crippen LogP contribution is 2.27. The molecule has 28 heavy (non-hydrogen) atoms. The van der Waals surface area contributed by atoms with Crippen LogP contribution >= 0.6 is 11.6 Å². The number of carbonyl (C=O) groups is 1. The van der Waals surface area contributed by atoms with Gasteiger partial charge in [-0.25, -0.2) is 0 Å². The lowest BCUT2D eigenvalue weighted by molar-refractivity contribution is 0.0493. The third-order valence-corrected chi connectivity index (χ3v) is 6.65. The van der Waals surface area contributed by atoms with Gasteiger partial charge in [0.1, 0.15) is 0 Å². The highest BCUT2D eigenvalue weighted by atomic mass is 35.5. The topological polar surface area (TPSA) is 23.6 Å². The van der Waals surface area contributed by atoms with Gasteiger partial charge < -0.3 is 4.90 Å². The molecule has 2 saturated heterocycles. The second-order valence-electron chi connectivity index (χ2n) is 8.20. The van der Waals surface area contributed by atoms with Gasteiger partial charge in [-0.15, -0.1) is 0 Å². The van der Waals surface area contributed by atoms with E-state index in [1.54, 1.807) is 6.07 Å². The van der Waals surface area contributed by atoms with E-state index in [-0.39, 0.29) is 5.91 Å². The number of hydrogen-bond donors (Lipinski definition) is 0. The zero-order chi connectivity index (χ0) is 19.3. The Morgan fingerprint density at radius 2 is 1.64 bits per heavy atom. The predicted molar refractivity (Wildman–Crippen MR) is 115 cm³/mol. The lowest BCUT2D eigenvalue weighted by atomic mass is 9.89. The van der Waals surface area contributed by atoms with Crippen molar-refractivity contribution in [1.82, 2.24) is 9.80 Å². The van der Waals surface area contributed by atoms with Gasteiger partial charge in [0.25, 0.3) is 5.91 Å². The molecule has 1 atom stereocenters. The SMILES string of the molecule is O=C(c1ccccc1Cl)N1CCCC(N2CCC(Cc3ccccc3)CC2)C1. The zero-order valence-corrected chi connectivity index (χ0v) is 17.2. The van der Waals surface area contributed by atoms with Crippen LogP contribution in [0.15, 0.2) is 54.6 Å². The maximum atomic E-state index is 12.9. The van der Waals surface area contributed by atoms with Crippen LogP contribution < -0.4 is 0 Å². The van der Waals surface area contributed by atoms with E-state index in [1.165, 1.54) is 31.2 Å². The molecule has 2 aromatic rings. The van der Waals surface area contributed by atoms with Gasteiger partial charge in [0, 0.05) is 19.1 Å². The summed E-state index contributed by atoms with van der Waals surface area (Å²) >= 11 is 6.25. The van der Waals surface area contributed by atoms with Crippen LogP contribution in [0.3, 0.4) is 0 Å². The average Bonchev–Trinajstić information content (AvgIpc) is 2.75. The second-order valence-corrected chi connectivity index (χ2v) is 8.60. The summed E-state index contributed by atoms with van der Waals surface area (Å²) in [4.78, 5) is 17.6. The van der Waals surface area contributed by atoms with Crippen LogP contribution in [0.2, 0.25) is 5.02 Å². The van der Waals surface area contributed by atoms with Gasteiger partial charge >= 0.3 is 0 Å².